The third-order valence-electron chi connectivity index (χ3n) is 4.08. The van der Waals surface area contributed by atoms with Gasteiger partial charge in [0.05, 0.1) is 5.69 Å². The van der Waals surface area contributed by atoms with Crippen LogP contribution >= 0.6 is 11.8 Å². The molecule has 1 unspecified atom stereocenters. The molecule has 2 aromatic rings. The first-order chi connectivity index (χ1) is 12.4. The molecule has 4 nitrogen and oxygen atoms in total. The maximum Gasteiger partial charge on any atom is 0.252 e. The summed E-state index contributed by atoms with van der Waals surface area (Å²) in [6.07, 6.45) is 2.54. The topological polar surface area (TPSA) is 58.2 Å². The van der Waals surface area contributed by atoms with Gasteiger partial charge in [0.15, 0.2) is 0 Å². The van der Waals surface area contributed by atoms with E-state index >= 15 is 0 Å². The highest BCUT2D eigenvalue weighted by Gasteiger charge is 2.23. The average molecular weight is 371 g/mol. The summed E-state index contributed by atoms with van der Waals surface area (Å²) in [6, 6.07) is 14.5. The summed E-state index contributed by atoms with van der Waals surface area (Å²) >= 11 is 1.57. The monoisotopic (exact) mass is 370 g/mol. The van der Waals surface area contributed by atoms with E-state index in [0.717, 1.165) is 16.1 Å². The Morgan fingerprint density at radius 1 is 1.04 bits per heavy atom. The molecule has 0 heterocycles. The lowest BCUT2D eigenvalue weighted by Crippen LogP contribution is -2.44. The number of carbonyl (C=O) groups excluding carboxylic acids is 2. The van der Waals surface area contributed by atoms with Gasteiger partial charge in [-0.05, 0) is 49.3 Å². The number of thioether (sulfide) groups is 1. The van der Waals surface area contributed by atoms with Gasteiger partial charge in [-0.1, -0.05) is 44.2 Å². The van der Waals surface area contributed by atoms with Gasteiger partial charge >= 0.3 is 0 Å². The van der Waals surface area contributed by atoms with Crippen molar-refractivity contribution >= 4 is 29.3 Å². The van der Waals surface area contributed by atoms with Crippen LogP contribution in [-0.2, 0) is 4.79 Å². The quantitative estimate of drug-likeness (QED) is 0.706. The summed E-state index contributed by atoms with van der Waals surface area (Å²) in [5.74, 6) is -0.136. The minimum absolute atomic E-state index is 0.192. The average Bonchev–Trinajstić information content (AvgIpc) is 2.61. The second-order valence-corrected chi connectivity index (χ2v) is 7.51. The fraction of sp³-hybridized carbons (Fsp3) is 0.333. The van der Waals surface area contributed by atoms with E-state index in [0.29, 0.717) is 12.0 Å². The van der Waals surface area contributed by atoms with Gasteiger partial charge in [-0.25, -0.2) is 0 Å². The van der Waals surface area contributed by atoms with Crippen LogP contribution in [0.2, 0.25) is 0 Å². The number of anilines is 1. The Morgan fingerprint density at radius 2 is 1.69 bits per heavy atom. The first-order valence-electron chi connectivity index (χ1n) is 8.72. The van der Waals surface area contributed by atoms with Crippen LogP contribution in [0.4, 0.5) is 5.69 Å². The van der Waals surface area contributed by atoms with Gasteiger partial charge in [-0.15, -0.1) is 11.8 Å². The molecule has 0 bridgehead atoms. The third kappa shape index (κ3) is 5.36. The largest absolute Gasteiger partial charge is 0.340 e. The predicted molar refractivity (Wildman–Crippen MR) is 109 cm³/mol. The number of hydrogen-bond acceptors (Lipinski definition) is 3. The second-order valence-electron chi connectivity index (χ2n) is 6.66. The van der Waals surface area contributed by atoms with E-state index in [4.69, 9.17) is 0 Å². The number of aryl methyl sites for hydroxylation is 1. The fourth-order valence-corrected chi connectivity index (χ4v) is 3.29. The molecule has 0 radical (unpaired) electrons. The standard InChI is InChI=1S/C21H26N2O2S/c1-14(2)13-18(23-20(24)16-10-6-5-9-15(16)3)21(25)22-17-11-7-8-12-19(17)26-4/h5-12,14,18H,13H2,1-4H3,(H,22,25)(H,23,24). The zero-order valence-corrected chi connectivity index (χ0v) is 16.5. The highest BCUT2D eigenvalue weighted by Crippen LogP contribution is 2.25. The lowest BCUT2D eigenvalue weighted by molar-refractivity contribution is -0.118. The number of para-hydroxylation sites is 1. The third-order valence-corrected chi connectivity index (χ3v) is 4.88. The normalized spacial score (nSPS) is 11.9. The van der Waals surface area contributed by atoms with Gasteiger partial charge in [0.25, 0.3) is 5.91 Å². The maximum absolute atomic E-state index is 12.8. The van der Waals surface area contributed by atoms with Crippen molar-refractivity contribution in [3.63, 3.8) is 0 Å². The van der Waals surface area contributed by atoms with Crippen LogP contribution in [0, 0.1) is 12.8 Å². The summed E-state index contributed by atoms with van der Waals surface area (Å²) in [4.78, 5) is 26.5. The van der Waals surface area contributed by atoms with Gasteiger partial charge < -0.3 is 10.6 Å². The summed E-state index contributed by atoms with van der Waals surface area (Å²) in [7, 11) is 0. The van der Waals surface area contributed by atoms with Crippen molar-refractivity contribution in [2.45, 2.75) is 38.1 Å². The molecule has 0 fully saturated rings. The second kappa shape index (κ2) is 9.43. The van der Waals surface area contributed by atoms with E-state index in [9.17, 15) is 9.59 Å². The molecule has 2 amide bonds. The Kier molecular flexibility index (Phi) is 7.27. The molecule has 0 aromatic heterocycles. The Balaban J connectivity index is 2.17. The Labute approximate surface area is 159 Å². The van der Waals surface area contributed by atoms with Crippen molar-refractivity contribution < 1.29 is 9.59 Å². The molecule has 0 aliphatic rings. The van der Waals surface area contributed by atoms with E-state index < -0.39 is 6.04 Å². The minimum Gasteiger partial charge on any atom is -0.340 e. The van der Waals surface area contributed by atoms with Crippen molar-refractivity contribution in [3.05, 3.63) is 59.7 Å². The molecule has 0 saturated heterocycles. The zero-order chi connectivity index (χ0) is 19.1. The maximum atomic E-state index is 12.8. The summed E-state index contributed by atoms with van der Waals surface area (Å²) in [5.41, 5.74) is 2.25. The smallest absolute Gasteiger partial charge is 0.252 e. The molecule has 138 valence electrons. The van der Waals surface area contributed by atoms with Crippen LogP contribution in [-0.4, -0.2) is 24.1 Å². The van der Waals surface area contributed by atoms with E-state index in [-0.39, 0.29) is 17.7 Å². The number of carbonyl (C=O) groups is 2. The van der Waals surface area contributed by atoms with E-state index in [1.807, 2.05) is 69.5 Å². The number of benzene rings is 2. The lowest BCUT2D eigenvalue weighted by atomic mass is 10.0. The molecular weight excluding hydrogens is 344 g/mol. The van der Waals surface area contributed by atoms with Gasteiger partial charge in [0.1, 0.15) is 6.04 Å². The summed E-state index contributed by atoms with van der Waals surface area (Å²) in [5, 5.41) is 5.87. The highest BCUT2D eigenvalue weighted by atomic mass is 32.2. The SMILES string of the molecule is CSc1ccccc1NC(=O)C(CC(C)C)NC(=O)c1ccccc1C. The van der Waals surface area contributed by atoms with Crippen molar-refractivity contribution in [2.75, 3.05) is 11.6 Å². The van der Waals surface area contributed by atoms with Crippen LogP contribution in [0.5, 0.6) is 0 Å². The van der Waals surface area contributed by atoms with Crippen LogP contribution < -0.4 is 10.6 Å². The van der Waals surface area contributed by atoms with Crippen LogP contribution in [0.3, 0.4) is 0 Å². The van der Waals surface area contributed by atoms with Crippen molar-refractivity contribution in [2.24, 2.45) is 5.92 Å². The van der Waals surface area contributed by atoms with E-state index in [2.05, 4.69) is 10.6 Å². The van der Waals surface area contributed by atoms with Crippen molar-refractivity contribution in [3.8, 4) is 0 Å². The fourth-order valence-electron chi connectivity index (χ4n) is 2.73. The van der Waals surface area contributed by atoms with Gasteiger partial charge in [-0.3, -0.25) is 9.59 Å². The lowest BCUT2D eigenvalue weighted by Gasteiger charge is -2.21. The van der Waals surface area contributed by atoms with Crippen molar-refractivity contribution in [1.29, 1.82) is 0 Å². The van der Waals surface area contributed by atoms with Gasteiger partial charge in [-0.2, -0.15) is 0 Å². The number of nitrogens with one attached hydrogen (secondary N) is 2. The molecule has 5 heteroatoms. The predicted octanol–water partition coefficient (Wildman–Crippen LogP) is 4.50. The molecule has 0 spiro atoms. The van der Waals surface area contributed by atoms with Crippen LogP contribution in [0.25, 0.3) is 0 Å². The first kappa shape index (κ1) is 20.0. The van der Waals surface area contributed by atoms with E-state index in [1.165, 1.54) is 0 Å². The van der Waals surface area contributed by atoms with Gasteiger partial charge in [0, 0.05) is 10.5 Å². The highest BCUT2D eigenvalue weighted by molar-refractivity contribution is 7.98. The number of amides is 2. The van der Waals surface area contributed by atoms with Gasteiger partial charge in [0.2, 0.25) is 5.91 Å². The Bertz CT molecular complexity index is 774. The molecule has 2 N–H and O–H groups in total. The molecule has 2 aromatic carbocycles. The molecule has 1 atom stereocenters. The first-order valence-corrected chi connectivity index (χ1v) is 9.95. The number of rotatable bonds is 7. The summed E-state index contributed by atoms with van der Waals surface area (Å²) in [6.45, 7) is 5.97. The summed E-state index contributed by atoms with van der Waals surface area (Å²) < 4.78 is 0. The number of hydrogen-bond donors (Lipinski definition) is 2. The molecule has 0 aliphatic heterocycles. The molecule has 2 rings (SSSR count). The molecule has 0 saturated carbocycles. The Hall–Kier alpha value is -2.27. The molecule has 26 heavy (non-hydrogen) atoms. The minimum atomic E-state index is -0.586. The molecule has 0 aliphatic carbocycles. The van der Waals surface area contributed by atoms with Crippen LogP contribution in [0.1, 0.15) is 36.2 Å². The molecular formula is C21H26N2O2S. The Morgan fingerprint density at radius 3 is 2.35 bits per heavy atom. The zero-order valence-electron chi connectivity index (χ0n) is 15.7. The van der Waals surface area contributed by atoms with Crippen molar-refractivity contribution in [1.82, 2.24) is 5.32 Å². The van der Waals surface area contributed by atoms with Crippen LogP contribution in [0.15, 0.2) is 53.4 Å². The van der Waals surface area contributed by atoms with E-state index in [1.54, 1.807) is 17.8 Å².